The second-order valence-electron chi connectivity index (χ2n) is 3.25. The summed E-state index contributed by atoms with van der Waals surface area (Å²) < 4.78 is 0. The minimum absolute atomic E-state index is 1.05. The standard InChI is InChI=1S/C11H13N/c1-9-6-7-12-11-5-3-2-4-10(11)8-9/h2-5,8,12H,6-7H2,1H3. The van der Waals surface area contributed by atoms with Crippen molar-refractivity contribution in [3.8, 4) is 0 Å². The van der Waals surface area contributed by atoms with Gasteiger partial charge in [-0.25, -0.2) is 0 Å². The largest absolute Gasteiger partial charge is 0.384 e. The number of nitrogens with one attached hydrogen (secondary N) is 1. The smallest absolute Gasteiger partial charge is 0.0413 e. The SMILES string of the molecule is CC1=Cc2ccccc2NCC1. The topological polar surface area (TPSA) is 12.0 Å². The molecule has 0 unspecified atom stereocenters. The van der Waals surface area contributed by atoms with Gasteiger partial charge in [-0.2, -0.15) is 0 Å². The van der Waals surface area contributed by atoms with Crippen LogP contribution in [-0.4, -0.2) is 6.54 Å². The van der Waals surface area contributed by atoms with E-state index in [0.29, 0.717) is 0 Å². The van der Waals surface area contributed by atoms with Crippen molar-refractivity contribution < 1.29 is 0 Å². The molecule has 1 aromatic carbocycles. The van der Waals surface area contributed by atoms with Crippen LogP contribution in [0.1, 0.15) is 18.9 Å². The lowest BCUT2D eigenvalue weighted by molar-refractivity contribution is 1.01. The Labute approximate surface area is 73.1 Å². The van der Waals surface area contributed by atoms with E-state index < -0.39 is 0 Å². The van der Waals surface area contributed by atoms with Crippen LogP contribution in [0.4, 0.5) is 5.69 Å². The Balaban J connectivity index is 2.47. The maximum atomic E-state index is 3.40. The first kappa shape index (κ1) is 7.41. The van der Waals surface area contributed by atoms with Crippen molar-refractivity contribution in [1.82, 2.24) is 0 Å². The molecule has 0 amide bonds. The second-order valence-corrected chi connectivity index (χ2v) is 3.25. The van der Waals surface area contributed by atoms with Crippen LogP contribution in [0.3, 0.4) is 0 Å². The molecule has 1 heteroatoms. The summed E-state index contributed by atoms with van der Waals surface area (Å²) in [6.45, 7) is 3.24. The van der Waals surface area contributed by atoms with E-state index in [1.54, 1.807) is 0 Å². The molecule has 0 saturated carbocycles. The monoisotopic (exact) mass is 159 g/mol. The molecule has 0 fully saturated rings. The van der Waals surface area contributed by atoms with Gasteiger partial charge in [-0.1, -0.05) is 29.8 Å². The van der Waals surface area contributed by atoms with Crippen molar-refractivity contribution >= 4 is 11.8 Å². The number of rotatable bonds is 0. The molecule has 1 heterocycles. The molecule has 0 atom stereocenters. The zero-order valence-electron chi connectivity index (χ0n) is 7.30. The fourth-order valence-electron chi connectivity index (χ4n) is 1.52. The van der Waals surface area contributed by atoms with Gasteiger partial charge in [0, 0.05) is 12.2 Å². The molecule has 0 bridgehead atoms. The zero-order chi connectivity index (χ0) is 8.39. The van der Waals surface area contributed by atoms with E-state index in [-0.39, 0.29) is 0 Å². The van der Waals surface area contributed by atoms with E-state index in [1.165, 1.54) is 16.8 Å². The molecule has 1 aromatic rings. The minimum Gasteiger partial charge on any atom is -0.384 e. The van der Waals surface area contributed by atoms with Gasteiger partial charge in [-0.15, -0.1) is 0 Å². The van der Waals surface area contributed by atoms with E-state index in [4.69, 9.17) is 0 Å². The predicted octanol–water partition coefficient (Wildman–Crippen LogP) is 2.91. The van der Waals surface area contributed by atoms with Crippen LogP contribution in [-0.2, 0) is 0 Å². The Hall–Kier alpha value is -1.24. The molecule has 12 heavy (non-hydrogen) atoms. The number of benzene rings is 1. The molecule has 2 rings (SSSR count). The maximum absolute atomic E-state index is 3.40. The lowest BCUT2D eigenvalue weighted by Gasteiger charge is -2.04. The van der Waals surface area contributed by atoms with Crippen LogP contribution in [0.25, 0.3) is 6.08 Å². The lowest BCUT2D eigenvalue weighted by atomic mass is 10.1. The maximum Gasteiger partial charge on any atom is 0.0413 e. The summed E-state index contributed by atoms with van der Waals surface area (Å²) >= 11 is 0. The summed E-state index contributed by atoms with van der Waals surface area (Å²) in [6.07, 6.45) is 3.41. The average molecular weight is 159 g/mol. The molecule has 0 aromatic heterocycles. The van der Waals surface area contributed by atoms with Crippen molar-refractivity contribution in [1.29, 1.82) is 0 Å². The van der Waals surface area contributed by atoms with Gasteiger partial charge in [0.25, 0.3) is 0 Å². The van der Waals surface area contributed by atoms with Crippen molar-refractivity contribution in [2.75, 3.05) is 11.9 Å². The van der Waals surface area contributed by atoms with E-state index in [9.17, 15) is 0 Å². The van der Waals surface area contributed by atoms with Crippen LogP contribution in [0.5, 0.6) is 0 Å². The van der Waals surface area contributed by atoms with Gasteiger partial charge in [0.05, 0.1) is 0 Å². The molecule has 1 aliphatic rings. The Kier molecular flexibility index (Phi) is 1.86. The summed E-state index contributed by atoms with van der Waals surface area (Å²) in [5.74, 6) is 0. The van der Waals surface area contributed by atoms with Crippen LogP contribution in [0, 0.1) is 0 Å². The Bertz CT molecular complexity index is 313. The summed E-state index contributed by atoms with van der Waals surface area (Å²) in [5, 5.41) is 3.40. The van der Waals surface area contributed by atoms with Crippen LogP contribution < -0.4 is 5.32 Å². The summed E-state index contributed by atoms with van der Waals surface area (Å²) in [7, 11) is 0. The van der Waals surface area contributed by atoms with E-state index in [1.807, 2.05) is 0 Å². The molecule has 0 aliphatic carbocycles. The first-order chi connectivity index (χ1) is 5.86. The molecule has 0 radical (unpaired) electrons. The van der Waals surface area contributed by atoms with Gasteiger partial charge >= 0.3 is 0 Å². The number of hydrogen-bond donors (Lipinski definition) is 1. The van der Waals surface area contributed by atoms with Crippen LogP contribution in [0.2, 0.25) is 0 Å². The molecular weight excluding hydrogens is 146 g/mol. The van der Waals surface area contributed by atoms with E-state index >= 15 is 0 Å². The lowest BCUT2D eigenvalue weighted by Crippen LogP contribution is -1.99. The fraction of sp³-hybridized carbons (Fsp3) is 0.273. The average Bonchev–Trinajstić information content (AvgIpc) is 2.25. The van der Waals surface area contributed by atoms with Crippen molar-refractivity contribution in [3.05, 3.63) is 35.4 Å². The van der Waals surface area contributed by atoms with Gasteiger partial charge in [0.2, 0.25) is 0 Å². The van der Waals surface area contributed by atoms with Crippen LogP contribution in [0.15, 0.2) is 29.8 Å². The highest BCUT2D eigenvalue weighted by Crippen LogP contribution is 2.22. The van der Waals surface area contributed by atoms with Crippen LogP contribution >= 0.6 is 0 Å². The van der Waals surface area contributed by atoms with Gasteiger partial charge in [-0.3, -0.25) is 0 Å². The number of anilines is 1. The van der Waals surface area contributed by atoms with Crippen molar-refractivity contribution in [3.63, 3.8) is 0 Å². The second kappa shape index (κ2) is 3.02. The molecule has 1 nitrogen and oxygen atoms in total. The highest BCUT2D eigenvalue weighted by atomic mass is 14.9. The summed E-state index contributed by atoms with van der Waals surface area (Å²) in [5.41, 5.74) is 4.02. The Morgan fingerprint density at radius 3 is 3.00 bits per heavy atom. The molecular formula is C11H13N. The number of fused-ring (bicyclic) bond motifs is 1. The molecule has 1 aliphatic heterocycles. The van der Waals surface area contributed by atoms with Gasteiger partial charge < -0.3 is 5.32 Å². The molecule has 0 saturated heterocycles. The molecule has 62 valence electrons. The summed E-state index contributed by atoms with van der Waals surface area (Å²) in [6, 6.07) is 8.43. The third kappa shape index (κ3) is 1.35. The van der Waals surface area contributed by atoms with Crippen molar-refractivity contribution in [2.24, 2.45) is 0 Å². The summed E-state index contributed by atoms with van der Waals surface area (Å²) in [4.78, 5) is 0. The quantitative estimate of drug-likeness (QED) is 0.613. The normalized spacial score (nSPS) is 15.6. The van der Waals surface area contributed by atoms with E-state index in [0.717, 1.165) is 13.0 Å². The third-order valence-corrected chi connectivity index (χ3v) is 2.20. The Morgan fingerprint density at radius 2 is 2.08 bits per heavy atom. The van der Waals surface area contributed by atoms with Gasteiger partial charge in [-0.05, 0) is 25.0 Å². The fourth-order valence-corrected chi connectivity index (χ4v) is 1.52. The molecule has 1 N–H and O–H groups in total. The highest BCUT2D eigenvalue weighted by Gasteiger charge is 2.02. The molecule has 0 spiro atoms. The van der Waals surface area contributed by atoms with Crippen molar-refractivity contribution in [2.45, 2.75) is 13.3 Å². The zero-order valence-corrected chi connectivity index (χ0v) is 7.30. The minimum atomic E-state index is 1.05. The van der Waals surface area contributed by atoms with E-state index in [2.05, 4.69) is 42.6 Å². The number of hydrogen-bond acceptors (Lipinski definition) is 1. The third-order valence-electron chi connectivity index (χ3n) is 2.20. The van der Waals surface area contributed by atoms with Gasteiger partial charge in [0.15, 0.2) is 0 Å². The first-order valence-electron chi connectivity index (χ1n) is 4.36. The van der Waals surface area contributed by atoms with Gasteiger partial charge in [0.1, 0.15) is 0 Å². The first-order valence-corrected chi connectivity index (χ1v) is 4.36. The highest BCUT2D eigenvalue weighted by molar-refractivity contribution is 5.69. The number of para-hydroxylation sites is 1. The predicted molar refractivity (Wildman–Crippen MR) is 53.2 cm³/mol. The Morgan fingerprint density at radius 1 is 1.25 bits per heavy atom.